The maximum absolute atomic E-state index is 13.6. The maximum atomic E-state index is 13.6. The number of hydrogen-bond donors (Lipinski definition) is 0. The third-order valence-electron chi connectivity index (χ3n) is 2.72. The summed E-state index contributed by atoms with van der Waals surface area (Å²) in [4.78, 5) is 22.8. The Kier molecular flexibility index (Phi) is 6.62. The lowest BCUT2D eigenvalue weighted by molar-refractivity contribution is -0.137. The zero-order valence-corrected chi connectivity index (χ0v) is 12.1. The Balaban J connectivity index is 2.61. The van der Waals surface area contributed by atoms with Gasteiger partial charge < -0.3 is 9.47 Å². The van der Waals surface area contributed by atoms with Crippen molar-refractivity contribution in [2.24, 2.45) is 0 Å². The molecule has 0 N–H and O–H groups in total. The fourth-order valence-corrected chi connectivity index (χ4v) is 1.70. The number of benzene rings is 1. The van der Waals surface area contributed by atoms with Crippen LogP contribution in [-0.4, -0.2) is 25.0 Å². The number of carbonyl (C=O) groups is 2. The molecule has 0 aliphatic heterocycles. The van der Waals surface area contributed by atoms with Crippen LogP contribution in [0.25, 0.3) is 0 Å². The first-order chi connectivity index (χ1) is 10.4. The van der Waals surface area contributed by atoms with Crippen LogP contribution in [-0.2, 0) is 14.3 Å². The van der Waals surface area contributed by atoms with Crippen molar-refractivity contribution in [3.63, 3.8) is 0 Å². The fraction of sp³-hybridized carbons (Fsp3) is 0.333. The van der Waals surface area contributed by atoms with Gasteiger partial charge in [0.05, 0.1) is 31.1 Å². The summed E-state index contributed by atoms with van der Waals surface area (Å²) in [5.74, 6) is -5.05. The average molecular weight is 316 g/mol. The lowest BCUT2D eigenvalue weighted by atomic mass is 10.0. The van der Waals surface area contributed by atoms with Crippen molar-refractivity contribution >= 4 is 11.8 Å². The molecule has 0 atom stereocenters. The van der Waals surface area contributed by atoms with Gasteiger partial charge in [0.25, 0.3) is 0 Å². The molecule has 120 valence electrons. The second-order valence-corrected chi connectivity index (χ2v) is 4.25. The van der Waals surface area contributed by atoms with E-state index in [0.717, 1.165) is 19.3 Å². The number of hydrogen-bond acceptors (Lipinski definition) is 4. The smallest absolute Gasteiger partial charge is 0.333 e. The van der Waals surface area contributed by atoms with E-state index in [9.17, 15) is 22.8 Å². The Bertz CT molecular complexity index is 597. The van der Waals surface area contributed by atoms with Crippen LogP contribution in [0, 0.1) is 24.4 Å². The SMILES string of the molecule is CCOC(=O)C=COCCC(=O)c1c(F)cc(F)c(F)c1C. The van der Waals surface area contributed by atoms with E-state index in [2.05, 4.69) is 4.74 Å². The Hall–Kier alpha value is -2.31. The Morgan fingerprint density at radius 3 is 2.55 bits per heavy atom. The van der Waals surface area contributed by atoms with Crippen LogP contribution in [0.4, 0.5) is 13.2 Å². The molecule has 0 heterocycles. The van der Waals surface area contributed by atoms with Gasteiger partial charge >= 0.3 is 5.97 Å². The number of halogens is 3. The Morgan fingerprint density at radius 1 is 1.23 bits per heavy atom. The molecule has 1 aromatic rings. The Labute approximate surface area is 125 Å². The predicted octanol–water partition coefficient (Wildman–Crippen LogP) is 3.08. The van der Waals surface area contributed by atoms with Crippen molar-refractivity contribution in [2.75, 3.05) is 13.2 Å². The van der Waals surface area contributed by atoms with Crippen molar-refractivity contribution in [1.29, 1.82) is 0 Å². The van der Waals surface area contributed by atoms with Gasteiger partial charge in [-0.25, -0.2) is 18.0 Å². The van der Waals surface area contributed by atoms with Gasteiger partial charge in [-0.3, -0.25) is 4.79 Å². The van der Waals surface area contributed by atoms with Gasteiger partial charge in [-0.15, -0.1) is 0 Å². The zero-order chi connectivity index (χ0) is 16.7. The van der Waals surface area contributed by atoms with Crippen LogP contribution in [0.2, 0.25) is 0 Å². The van der Waals surface area contributed by atoms with E-state index in [4.69, 9.17) is 4.74 Å². The number of esters is 1. The molecule has 0 bridgehead atoms. The van der Waals surface area contributed by atoms with Crippen LogP contribution in [0.5, 0.6) is 0 Å². The Morgan fingerprint density at radius 2 is 1.91 bits per heavy atom. The van der Waals surface area contributed by atoms with E-state index in [1.54, 1.807) is 6.92 Å². The largest absolute Gasteiger partial charge is 0.500 e. The minimum absolute atomic E-state index is 0.146. The van der Waals surface area contributed by atoms with E-state index in [1.165, 1.54) is 0 Å². The molecule has 4 nitrogen and oxygen atoms in total. The van der Waals surface area contributed by atoms with Crippen LogP contribution in [0.15, 0.2) is 18.4 Å². The molecule has 0 aliphatic carbocycles. The molecule has 1 aromatic carbocycles. The van der Waals surface area contributed by atoms with Crippen molar-refractivity contribution in [3.8, 4) is 0 Å². The molecule has 0 radical (unpaired) electrons. The molecule has 7 heteroatoms. The van der Waals surface area contributed by atoms with Crippen molar-refractivity contribution in [3.05, 3.63) is 47.0 Å². The summed E-state index contributed by atoms with van der Waals surface area (Å²) in [6.07, 6.45) is 1.81. The molecular weight excluding hydrogens is 301 g/mol. The highest BCUT2D eigenvalue weighted by Crippen LogP contribution is 2.21. The molecule has 1 rings (SSSR count). The third kappa shape index (κ3) is 4.61. The van der Waals surface area contributed by atoms with Gasteiger partial charge in [-0.05, 0) is 13.8 Å². The molecule has 0 fully saturated rings. The van der Waals surface area contributed by atoms with Gasteiger partial charge in [0.2, 0.25) is 0 Å². The monoisotopic (exact) mass is 316 g/mol. The first-order valence-corrected chi connectivity index (χ1v) is 6.50. The average Bonchev–Trinajstić information content (AvgIpc) is 2.45. The summed E-state index contributed by atoms with van der Waals surface area (Å²) >= 11 is 0. The van der Waals surface area contributed by atoms with E-state index < -0.39 is 34.8 Å². The standard InChI is InChI=1S/C15H15F3O4/c1-3-22-13(20)5-7-21-6-4-12(19)14-9(2)15(18)11(17)8-10(14)16/h5,7-8H,3-4,6H2,1-2H3. The molecule has 0 aliphatic rings. The summed E-state index contributed by atoms with van der Waals surface area (Å²) in [5, 5.41) is 0. The van der Waals surface area contributed by atoms with Gasteiger partial charge in [-0.2, -0.15) is 0 Å². The lowest BCUT2D eigenvalue weighted by Crippen LogP contribution is -2.10. The van der Waals surface area contributed by atoms with Crippen LogP contribution < -0.4 is 0 Å². The van der Waals surface area contributed by atoms with E-state index in [1.807, 2.05) is 0 Å². The number of carbonyl (C=O) groups excluding carboxylic acids is 2. The summed E-state index contributed by atoms with van der Waals surface area (Å²) in [7, 11) is 0. The first kappa shape index (κ1) is 17.7. The first-order valence-electron chi connectivity index (χ1n) is 6.50. The van der Waals surface area contributed by atoms with E-state index >= 15 is 0 Å². The van der Waals surface area contributed by atoms with Crippen molar-refractivity contribution < 1.29 is 32.2 Å². The highest BCUT2D eigenvalue weighted by atomic mass is 19.2. The van der Waals surface area contributed by atoms with Gasteiger partial charge in [-0.1, -0.05) is 0 Å². The van der Waals surface area contributed by atoms with Crippen LogP contribution in [0.1, 0.15) is 29.3 Å². The van der Waals surface area contributed by atoms with Gasteiger partial charge in [0.1, 0.15) is 5.82 Å². The third-order valence-corrected chi connectivity index (χ3v) is 2.72. The minimum Gasteiger partial charge on any atom is -0.500 e. The molecule has 22 heavy (non-hydrogen) atoms. The minimum atomic E-state index is -1.35. The van der Waals surface area contributed by atoms with Crippen molar-refractivity contribution in [1.82, 2.24) is 0 Å². The zero-order valence-electron chi connectivity index (χ0n) is 12.1. The van der Waals surface area contributed by atoms with Crippen LogP contribution in [0.3, 0.4) is 0 Å². The van der Waals surface area contributed by atoms with Gasteiger partial charge in [0, 0.05) is 18.1 Å². The second-order valence-electron chi connectivity index (χ2n) is 4.25. The summed E-state index contributed by atoms with van der Waals surface area (Å²) < 4.78 is 49.4. The maximum Gasteiger partial charge on any atom is 0.333 e. The van der Waals surface area contributed by atoms with E-state index in [-0.39, 0.29) is 25.2 Å². The summed E-state index contributed by atoms with van der Waals surface area (Å²) in [6.45, 7) is 2.84. The number of ether oxygens (including phenoxy) is 2. The predicted molar refractivity (Wildman–Crippen MR) is 71.7 cm³/mol. The second kappa shape index (κ2) is 8.21. The van der Waals surface area contributed by atoms with Crippen molar-refractivity contribution in [2.45, 2.75) is 20.3 Å². The molecular formula is C15H15F3O4. The fourth-order valence-electron chi connectivity index (χ4n) is 1.70. The molecule has 0 unspecified atom stereocenters. The lowest BCUT2D eigenvalue weighted by Gasteiger charge is -2.08. The normalized spacial score (nSPS) is 10.8. The number of rotatable bonds is 7. The summed E-state index contributed by atoms with van der Waals surface area (Å²) in [5.41, 5.74) is -0.888. The topological polar surface area (TPSA) is 52.6 Å². The number of ketones is 1. The van der Waals surface area contributed by atoms with Crippen LogP contribution >= 0.6 is 0 Å². The molecule has 0 aromatic heterocycles. The highest BCUT2D eigenvalue weighted by Gasteiger charge is 2.20. The molecule has 0 saturated heterocycles. The van der Waals surface area contributed by atoms with E-state index in [0.29, 0.717) is 6.07 Å². The molecule has 0 amide bonds. The molecule has 0 spiro atoms. The molecule has 0 saturated carbocycles. The van der Waals surface area contributed by atoms with Gasteiger partial charge in [0.15, 0.2) is 17.4 Å². The number of Topliss-reactive ketones (excluding diaryl/α,β-unsaturated/α-hetero) is 1. The summed E-state index contributed by atoms with van der Waals surface area (Å²) in [6, 6.07) is 0.330. The highest BCUT2D eigenvalue weighted by molar-refractivity contribution is 5.97. The quantitative estimate of drug-likeness (QED) is 0.194.